The molecule has 3 aromatic carbocycles. The third kappa shape index (κ3) is 4.11. The van der Waals surface area contributed by atoms with E-state index in [4.69, 9.17) is 15.2 Å². The van der Waals surface area contributed by atoms with Crippen LogP contribution in [0.15, 0.2) is 78.9 Å². The van der Waals surface area contributed by atoms with Crippen molar-refractivity contribution in [3.8, 4) is 51.5 Å². The number of ether oxygens (including phenoxy) is 2. The van der Waals surface area contributed by atoms with E-state index in [0.29, 0.717) is 28.3 Å². The van der Waals surface area contributed by atoms with Crippen molar-refractivity contribution in [1.82, 2.24) is 4.98 Å². The number of methoxy groups -OCH3 is 1. The van der Waals surface area contributed by atoms with E-state index in [1.165, 1.54) is 0 Å². The van der Waals surface area contributed by atoms with Crippen LogP contribution in [0.1, 0.15) is 5.56 Å². The predicted octanol–water partition coefficient (Wildman–Crippen LogP) is 5.38. The van der Waals surface area contributed by atoms with Gasteiger partial charge in [0.1, 0.15) is 28.9 Å². The molecule has 0 aliphatic rings. The highest BCUT2D eigenvalue weighted by Crippen LogP contribution is 2.37. The first-order chi connectivity index (χ1) is 15.1. The standard InChI is InChI=1S/C25H19N3O3/c1-30-18-10-7-16(8-11-18)22-14-20(21(15-26)25(27)28-22)17-9-12-24(23(29)13-17)31-19-5-3-2-4-6-19/h2-14,29H,1H3,(H2,27,28). The van der Waals surface area contributed by atoms with Crippen molar-refractivity contribution in [2.75, 3.05) is 12.8 Å². The molecule has 1 heterocycles. The third-order valence-electron chi connectivity index (χ3n) is 4.79. The first kappa shape index (κ1) is 19.8. The van der Waals surface area contributed by atoms with Gasteiger partial charge in [-0.05, 0) is 60.2 Å². The van der Waals surface area contributed by atoms with E-state index in [1.807, 2.05) is 42.5 Å². The molecule has 0 fully saturated rings. The van der Waals surface area contributed by atoms with Gasteiger partial charge in [0.05, 0.1) is 12.8 Å². The second kappa shape index (κ2) is 8.47. The number of phenols is 1. The van der Waals surface area contributed by atoms with Crippen LogP contribution in [0.25, 0.3) is 22.4 Å². The summed E-state index contributed by atoms with van der Waals surface area (Å²) < 4.78 is 10.9. The Morgan fingerprint density at radius 1 is 0.903 bits per heavy atom. The number of hydrogen-bond acceptors (Lipinski definition) is 6. The molecule has 152 valence electrons. The molecule has 31 heavy (non-hydrogen) atoms. The maximum Gasteiger partial charge on any atom is 0.169 e. The average molecular weight is 409 g/mol. The number of nitriles is 1. The Morgan fingerprint density at radius 2 is 1.61 bits per heavy atom. The van der Waals surface area contributed by atoms with Crippen LogP contribution in [-0.2, 0) is 0 Å². The second-order valence-corrected chi connectivity index (χ2v) is 6.75. The lowest BCUT2D eigenvalue weighted by atomic mass is 9.98. The van der Waals surface area contributed by atoms with Crippen molar-refractivity contribution < 1.29 is 14.6 Å². The number of benzene rings is 3. The lowest BCUT2D eigenvalue weighted by Gasteiger charge is -2.13. The number of nitrogen functional groups attached to an aromatic ring is 1. The minimum absolute atomic E-state index is 0.0494. The summed E-state index contributed by atoms with van der Waals surface area (Å²) in [5.41, 5.74) is 8.96. The van der Waals surface area contributed by atoms with Crippen LogP contribution >= 0.6 is 0 Å². The topological polar surface area (TPSA) is 101 Å². The number of aromatic nitrogens is 1. The van der Waals surface area contributed by atoms with E-state index in [-0.39, 0.29) is 17.1 Å². The van der Waals surface area contributed by atoms with Crippen LogP contribution < -0.4 is 15.2 Å². The summed E-state index contributed by atoms with van der Waals surface area (Å²) in [6, 6.07) is 25.4. The van der Waals surface area contributed by atoms with Crippen molar-refractivity contribution in [3.05, 3.63) is 84.4 Å². The SMILES string of the molecule is COc1ccc(-c2cc(-c3ccc(Oc4ccccc4)c(O)c3)c(C#N)c(N)n2)cc1. The summed E-state index contributed by atoms with van der Waals surface area (Å²) in [4.78, 5) is 4.38. The summed E-state index contributed by atoms with van der Waals surface area (Å²) in [6.45, 7) is 0. The Labute approximate surface area is 179 Å². The summed E-state index contributed by atoms with van der Waals surface area (Å²) in [7, 11) is 1.60. The van der Waals surface area contributed by atoms with Crippen LogP contribution in [0.4, 0.5) is 5.82 Å². The van der Waals surface area contributed by atoms with E-state index < -0.39 is 0 Å². The lowest BCUT2D eigenvalue weighted by molar-refractivity contribution is 0.411. The van der Waals surface area contributed by atoms with E-state index in [0.717, 1.165) is 11.3 Å². The van der Waals surface area contributed by atoms with Gasteiger partial charge in [0, 0.05) is 11.1 Å². The molecule has 0 amide bonds. The molecule has 3 N–H and O–H groups in total. The molecule has 4 aromatic rings. The highest BCUT2D eigenvalue weighted by atomic mass is 16.5. The molecule has 0 saturated carbocycles. The van der Waals surface area contributed by atoms with Gasteiger partial charge in [0.15, 0.2) is 11.5 Å². The van der Waals surface area contributed by atoms with Gasteiger partial charge in [-0.1, -0.05) is 24.3 Å². The first-order valence-corrected chi connectivity index (χ1v) is 9.50. The second-order valence-electron chi connectivity index (χ2n) is 6.75. The normalized spacial score (nSPS) is 10.3. The molecule has 0 unspecified atom stereocenters. The fourth-order valence-electron chi connectivity index (χ4n) is 3.21. The zero-order valence-corrected chi connectivity index (χ0v) is 16.7. The van der Waals surface area contributed by atoms with Crippen LogP contribution in [0, 0.1) is 11.3 Å². The number of phenolic OH excluding ortho intramolecular Hbond substituents is 1. The smallest absolute Gasteiger partial charge is 0.169 e. The van der Waals surface area contributed by atoms with Gasteiger partial charge in [0.25, 0.3) is 0 Å². The molecule has 6 heteroatoms. The zero-order chi connectivity index (χ0) is 21.8. The fraction of sp³-hybridized carbons (Fsp3) is 0.0400. The predicted molar refractivity (Wildman–Crippen MR) is 119 cm³/mol. The fourth-order valence-corrected chi connectivity index (χ4v) is 3.21. The van der Waals surface area contributed by atoms with Crippen LogP contribution in [0.2, 0.25) is 0 Å². The molecule has 0 radical (unpaired) electrons. The molecule has 0 bridgehead atoms. The quantitative estimate of drug-likeness (QED) is 0.459. The number of hydrogen-bond donors (Lipinski definition) is 2. The highest BCUT2D eigenvalue weighted by Gasteiger charge is 2.15. The Morgan fingerprint density at radius 3 is 2.26 bits per heavy atom. The monoisotopic (exact) mass is 409 g/mol. The van der Waals surface area contributed by atoms with Crippen molar-refractivity contribution in [2.24, 2.45) is 0 Å². The molecular formula is C25H19N3O3. The number of rotatable bonds is 5. The van der Waals surface area contributed by atoms with Crippen LogP contribution in [0.5, 0.6) is 23.0 Å². The maximum absolute atomic E-state index is 10.5. The van der Waals surface area contributed by atoms with Gasteiger partial charge in [-0.25, -0.2) is 4.98 Å². The van der Waals surface area contributed by atoms with E-state index in [9.17, 15) is 10.4 Å². The Balaban J connectivity index is 1.75. The maximum atomic E-state index is 10.5. The van der Waals surface area contributed by atoms with Crippen molar-refractivity contribution in [1.29, 1.82) is 5.26 Å². The van der Waals surface area contributed by atoms with Crippen LogP contribution in [0.3, 0.4) is 0 Å². The van der Waals surface area contributed by atoms with E-state index in [1.54, 1.807) is 43.5 Å². The lowest BCUT2D eigenvalue weighted by Crippen LogP contribution is -2.00. The Hall–Kier alpha value is -4.50. The average Bonchev–Trinajstić information content (AvgIpc) is 2.80. The summed E-state index contributed by atoms with van der Waals surface area (Å²) >= 11 is 0. The zero-order valence-electron chi connectivity index (χ0n) is 16.7. The number of anilines is 1. The molecule has 0 aliphatic heterocycles. The number of para-hydroxylation sites is 1. The van der Waals surface area contributed by atoms with Crippen molar-refractivity contribution in [2.45, 2.75) is 0 Å². The Bertz CT molecular complexity index is 1260. The van der Waals surface area contributed by atoms with Gasteiger partial charge < -0.3 is 20.3 Å². The summed E-state index contributed by atoms with van der Waals surface area (Å²) in [6.07, 6.45) is 0. The molecule has 0 spiro atoms. The molecular weight excluding hydrogens is 390 g/mol. The third-order valence-corrected chi connectivity index (χ3v) is 4.79. The number of pyridine rings is 1. The van der Waals surface area contributed by atoms with Gasteiger partial charge in [-0.15, -0.1) is 0 Å². The van der Waals surface area contributed by atoms with Gasteiger partial charge in [-0.2, -0.15) is 5.26 Å². The molecule has 0 aliphatic carbocycles. The molecule has 4 rings (SSSR count). The highest BCUT2D eigenvalue weighted by molar-refractivity contribution is 5.81. The molecule has 0 saturated heterocycles. The van der Waals surface area contributed by atoms with Gasteiger partial charge in [-0.3, -0.25) is 0 Å². The summed E-state index contributed by atoms with van der Waals surface area (Å²) in [5, 5.41) is 20.2. The Kier molecular flexibility index (Phi) is 5.41. The number of aromatic hydroxyl groups is 1. The molecule has 1 aromatic heterocycles. The van der Waals surface area contributed by atoms with E-state index >= 15 is 0 Å². The number of nitrogens with zero attached hydrogens (tertiary/aromatic N) is 2. The van der Waals surface area contributed by atoms with Gasteiger partial charge in [0.2, 0.25) is 0 Å². The minimum atomic E-state index is -0.0494. The van der Waals surface area contributed by atoms with E-state index in [2.05, 4.69) is 11.1 Å². The summed E-state index contributed by atoms with van der Waals surface area (Å²) in [5.74, 6) is 1.72. The molecule has 6 nitrogen and oxygen atoms in total. The van der Waals surface area contributed by atoms with Crippen molar-refractivity contribution >= 4 is 5.82 Å². The largest absolute Gasteiger partial charge is 0.504 e. The van der Waals surface area contributed by atoms with Crippen LogP contribution in [-0.4, -0.2) is 17.2 Å². The van der Waals surface area contributed by atoms with Gasteiger partial charge >= 0.3 is 0 Å². The minimum Gasteiger partial charge on any atom is -0.504 e. The van der Waals surface area contributed by atoms with Crippen molar-refractivity contribution in [3.63, 3.8) is 0 Å². The first-order valence-electron chi connectivity index (χ1n) is 9.50. The number of nitrogens with two attached hydrogens (primary N) is 1. The molecule has 0 atom stereocenters.